The summed E-state index contributed by atoms with van der Waals surface area (Å²) in [5, 5.41) is 11.2. The van der Waals surface area contributed by atoms with Crippen molar-refractivity contribution >= 4 is 29.0 Å². The van der Waals surface area contributed by atoms with Crippen molar-refractivity contribution in [3.05, 3.63) is 70.2 Å². The molecule has 7 nitrogen and oxygen atoms in total. The van der Waals surface area contributed by atoms with E-state index in [4.69, 9.17) is 4.42 Å². The normalized spacial score (nSPS) is 12.8. The minimum absolute atomic E-state index is 0.0236. The summed E-state index contributed by atoms with van der Waals surface area (Å²) in [7, 11) is 0. The number of rotatable bonds is 5. The van der Waals surface area contributed by atoms with Gasteiger partial charge in [-0.25, -0.2) is 9.37 Å². The van der Waals surface area contributed by atoms with Gasteiger partial charge in [-0.3, -0.25) is 14.9 Å². The number of nitro benzene ring substituents is 1. The standard InChI is InChI=1S/C19H14FN3O4S/c20-14-3-1-12(2-4-14)17-10-21-19(27-17)28-11-18(24)22-8-7-13-9-15(23(25)26)5-6-16(13)22/h1-6,9-10H,7-8,11H2. The van der Waals surface area contributed by atoms with Crippen molar-refractivity contribution in [2.24, 2.45) is 0 Å². The van der Waals surface area contributed by atoms with Crippen molar-refractivity contribution in [1.82, 2.24) is 4.98 Å². The van der Waals surface area contributed by atoms with Gasteiger partial charge >= 0.3 is 0 Å². The minimum atomic E-state index is -0.443. The number of aromatic nitrogens is 1. The number of amides is 1. The molecule has 4 rings (SSSR count). The minimum Gasteiger partial charge on any atom is -0.431 e. The second-order valence-corrected chi connectivity index (χ2v) is 7.08. The van der Waals surface area contributed by atoms with Crippen LogP contribution >= 0.6 is 11.8 Å². The van der Waals surface area contributed by atoms with Gasteiger partial charge in [0.25, 0.3) is 10.9 Å². The highest BCUT2D eigenvalue weighted by Crippen LogP contribution is 2.32. The first-order valence-electron chi connectivity index (χ1n) is 8.43. The Morgan fingerprint density at radius 1 is 1.29 bits per heavy atom. The first-order chi connectivity index (χ1) is 13.5. The third-order valence-electron chi connectivity index (χ3n) is 4.40. The van der Waals surface area contributed by atoms with E-state index >= 15 is 0 Å². The molecule has 0 N–H and O–H groups in total. The third kappa shape index (κ3) is 3.61. The summed E-state index contributed by atoms with van der Waals surface area (Å²) in [4.78, 5) is 28.8. The molecule has 0 saturated heterocycles. The predicted octanol–water partition coefficient (Wildman–Crippen LogP) is 4.07. The van der Waals surface area contributed by atoms with Gasteiger partial charge in [-0.05, 0) is 42.3 Å². The average molecular weight is 399 g/mol. The fourth-order valence-electron chi connectivity index (χ4n) is 3.03. The van der Waals surface area contributed by atoms with Gasteiger partial charge in [-0.2, -0.15) is 0 Å². The number of halogens is 1. The summed E-state index contributed by atoms with van der Waals surface area (Å²) in [5.74, 6) is 0.160. The lowest BCUT2D eigenvalue weighted by molar-refractivity contribution is -0.384. The fourth-order valence-corrected chi connectivity index (χ4v) is 3.71. The number of thioether (sulfide) groups is 1. The number of hydrogen-bond acceptors (Lipinski definition) is 6. The highest BCUT2D eigenvalue weighted by molar-refractivity contribution is 7.99. The lowest BCUT2D eigenvalue weighted by Gasteiger charge is -2.16. The molecule has 0 saturated carbocycles. The first-order valence-corrected chi connectivity index (χ1v) is 9.42. The molecule has 9 heteroatoms. The molecule has 2 aromatic carbocycles. The quantitative estimate of drug-likeness (QED) is 0.365. The van der Waals surface area contributed by atoms with Gasteiger partial charge < -0.3 is 9.32 Å². The maximum atomic E-state index is 13.0. The van der Waals surface area contributed by atoms with Crippen LogP contribution in [0.2, 0.25) is 0 Å². The second-order valence-electron chi connectivity index (χ2n) is 6.15. The molecule has 142 valence electrons. The van der Waals surface area contributed by atoms with E-state index in [0.717, 1.165) is 5.56 Å². The molecule has 0 radical (unpaired) electrons. The van der Waals surface area contributed by atoms with E-state index in [1.807, 2.05) is 0 Å². The first kappa shape index (κ1) is 18.2. The van der Waals surface area contributed by atoms with Gasteiger partial charge in [0.1, 0.15) is 5.82 Å². The number of carbonyl (C=O) groups is 1. The lowest BCUT2D eigenvalue weighted by Crippen LogP contribution is -2.30. The zero-order chi connectivity index (χ0) is 19.7. The Labute approximate surface area is 163 Å². The van der Waals surface area contributed by atoms with Crippen LogP contribution in [-0.2, 0) is 11.2 Å². The van der Waals surface area contributed by atoms with E-state index in [1.165, 1.54) is 42.2 Å². The Kier molecular flexibility index (Phi) is 4.82. The van der Waals surface area contributed by atoms with Crippen LogP contribution in [0.1, 0.15) is 5.56 Å². The Hall–Kier alpha value is -3.20. The van der Waals surface area contributed by atoms with Crippen LogP contribution in [0.5, 0.6) is 0 Å². The number of non-ortho nitro benzene ring substituents is 1. The van der Waals surface area contributed by atoms with Gasteiger partial charge in [0.15, 0.2) is 5.76 Å². The van der Waals surface area contributed by atoms with Crippen molar-refractivity contribution < 1.29 is 18.5 Å². The van der Waals surface area contributed by atoms with Crippen LogP contribution in [0.15, 0.2) is 58.3 Å². The van der Waals surface area contributed by atoms with Crippen LogP contribution in [0.25, 0.3) is 11.3 Å². The molecular formula is C19H14FN3O4S. The summed E-state index contributed by atoms with van der Waals surface area (Å²) in [6.07, 6.45) is 2.12. The van der Waals surface area contributed by atoms with Crippen LogP contribution in [-0.4, -0.2) is 28.1 Å². The molecule has 1 amide bonds. The fraction of sp³-hybridized carbons (Fsp3) is 0.158. The zero-order valence-corrected chi connectivity index (χ0v) is 15.3. The molecule has 0 fully saturated rings. The highest BCUT2D eigenvalue weighted by Gasteiger charge is 2.26. The lowest BCUT2D eigenvalue weighted by atomic mass is 10.1. The Bertz CT molecular complexity index is 1050. The maximum Gasteiger partial charge on any atom is 0.269 e. The van der Waals surface area contributed by atoms with E-state index in [0.29, 0.717) is 35.2 Å². The summed E-state index contributed by atoms with van der Waals surface area (Å²) in [6.45, 7) is 0.488. The highest BCUT2D eigenvalue weighted by atomic mass is 32.2. The predicted molar refractivity (Wildman–Crippen MR) is 102 cm³/mol. The smallest absolute Gasteiger partial charge is 0.269 e. The summed E-state index contributed by atoms with van der Waals surface area (Å²) < 4.78 is 18.6. The van der Waals surface area contributed by atoms with Gasteiger partial charge in [0.05, 0.1) is 16.9 Å². The van der Waals surface area contributed by atoms with E-state index in [1.54, 1.807) is 23.1 Å². The van der Waals surface area contributed by atoms with Crippen molar-refractivity contribution in [2.45, 2.75) is 11.6 Å². The molecule has 3 aromatic rings. The maximum absolute atomic E-state index is 13.0. The molecule has 0 aliphatic carbocycles. The van der Waals surface area contributed by atoms with Crippen molar-refractivity contribution in [1.29, 1.82) is 0 Å². The Balaban J connectivity index is 1.41. The SMILES string of the molecule is O=C(CSc1ncc(-c2ccc(F)cc2)o1)N1CCc2cc([N+](=O)[O-])ccc21. The van der Waals surface area contributed by atoms with Crippen LogP contribution in [0.3, 0.4) is 0 Å². The number of nitro groups is 1. The number of anilines is 1. The Morgan fingerprint density at radius 2 is 2.07 bits per heavy atom. The van der Waals surface area contributed by atoms with Crippen LogP contribution in [0, 0.1) is 15.9 Å². The molecule has 28 heavy (non-hydrogen) atoms. The topological polar surface area (TPSA) is 89.5 Å². The molecule has 1 aliphatic rings. The largest absolute Gasteiger partial charge is 0.431 e. The molecule has 2 heterocycles. The van der Waals surface area contributed by atoms with Crippen molar-refractivity contribution in [3.8, 4) is 11.3 Å². The van der Waals surface area contributed by atoms with E-state index in [2.05, 4.69) is 4.98 Å². The molecule has 0 unspecified atom stereocenters. The molecule has 1 aromatic heterocycles. The summed E-state index contributed by atoms with van der Waals surface area (Å²) in [5.41, 5.74) is 2.22. The number of nitrogens with zero attached hydrogens (tertiary/aromatic N) is 3. The van der Waals surface area contributed by atoms with E-state index < -0.39 is 4.92 Å². The van der Waals surface area contributed by atoms with Crippen LogP contribution < -0.4 is 4.90 Å². The number of hydrogen-bond donors (Lipinski definition) is 0. The number of oxazole rings is 1. The average Bonchev–Trinajstić information content (AvgIpc) is 3.33. The van der Waals surface area contributed by atoms with Gasteiger partial charge in [-0.1, -0.05) is 11.8 Å². The van der Waals surface area contributed by atoms with E-state index in [-0.39, 0.29) is 23.2 Å². The van der Waals surface area contributed by atoms with Crippen molar-refractivity contribution in [2.75, 3.05) is 17.2 Å². The van der Waals surface area contributed by atoms with Gasteiger partial charge in [0.2, 0.25) is 5.91 Å². The molecule has 0 spiro atoms. The molecule has 1 aliphatic heterocycles. The summed E-state index contributed by atoms with van der Waals surface area (Å²) >= 11 is 1.17. The van der Waals surface area contributed by atoms with Crippen molar-refractivity contribution in [3.63, 3.8) is 0 Å². The number of benzene rings is 2. The molecule has 0 atom stereocenters. The summed E-state index contributed by atoms with van der Waals surface area (Å²) in [6, 6.07) is 10.4. The number of fused-ring (bicyclic) bond motifs is 1. The van der Waals surface area contributed by atoms with Gasteiger partial charge in [0, 0.05) is 29.9 Å². The van der Waals surface area contributed by atoms with Gasteiger partial charge in [-0.15, -0.1) is 0 Å². The zero-order valence-electron chi connectivity index (χ0n) is 14.5. The molecule has 0 bridgehead atoms. The van der Waals surface area contributed by atoms with Crippen LogP contribution in [0.4, 0.5) is 15.8 Å². The molecular weight excluding hydrogens is 385 g/mol. The Morgan fingerprint density at radius 3 is 2.82 bits per heavy atom. The monoisotopic (exact) mass is 399 g/mol. The second kappa shape index (κ2) is 7.43. The third-order valence-corrected chi connectivity index (χ3v) is 5.23. The van der Waals surface area contributed by atoms with E-state index in [9.17, 15) is 19.3 Å². The number of carbonyl (C=O) groups excluding carboxylic acids is 1.